The van der Waals surface area contributed by atoms with Gasteiger partial charge in [-0.15, -0.1) is 0 Å². The third-order valence-corrected chi connectivity index (χ3v) is 2.63. The van der Waals surface area contributed by atoms with E-state index in [-0.39, 0.29) is 5.69 Å². The summed E-state index contributed by atoms with van der Waals surface area (Å²) >= 11 is 0. The number of nitrogens with zero attached hydrogens (tertiary/aromatic N) is 2. The van der Waals surface area contributed by atoms with Gasteiger partial charge in [-0.1, -0.05) is 6.92 Å². The monoisotopic (exact) mass is 251 g/mol. The smallest absolute Gasteiger partial charge is 0.151 e. The molecule has 0 radical (unpaired) electrons. The number of likely N-dealkylation sites (N-methyl/N-ethyl adjacent to an activating group) is 1. The number of aromatic nitrogens is 2. The van der Waals surface area contributed by atoms with Crippen molar-refractivity contribution in [1.29, 1.82) is 0 Å². The first-order valence-corrected chi connectivity index (χ1v) is 5.90. The molecule has 0 saturated heterocycles. The number of nitrogens with one attached hydrogen (secondary N) is 1. The molecular formula is C13H15F2N3. The Balaban J connectivity index is 2.13. The summed E-state index contributed by atoms with van der Waals surface area (Å²) in [7, 11) is 0. The van der Waals surface area contributed by atoms with Gasteiger partial charge in [-0.25, -0.2) is 13.5 Å². The summed E-state index contributed by atoms with van der Waals surface area (Å²) in [5, 5.41) is 7.29. The highest BCUT2D eigenvalue weighted by Crippen LogP contribution is 2.14. The van der Waals surface area contributed by atoms with Gasteiger partial charge < -0.3 is 5.32 Å². The van der Waals surface area contributed by atoms with Gasteiger partial charge in [0.25, 0.3) is 0 Å². The highest BCUT2D eigenvalue weighted by atomic mass is 19.1. The molecule has 2 aromatic rings. The minimum absolute atomic E-state index is 0.256. The van der Waals surface area contributed by atoms with Gasteiger partial charge in [-0.2, -0.15) is 5.10 Å². The molecule has 0 bridgehead atoms. The molecule has 0 aliphatic heterocycles. The van der Waals surface area contributed by atoms with E-state index in [0.717, 1.165) is 31.1 Å². The van der Waals surface area contributed by atoms with Crippen LogP contribution in [0, 0.1) is 11.6 Å². The summed E-state index contributed by atoms with van der Waals surface area (Å²) in [6.07, 6.45) is 4.28. The molecule has 18 heavy (non-hydrogen) atoms. The van der Waals surface area contributed by atoms with Gasteiger partial charge in [0.05, 0.1) is 6.20 Å². The largest absolute Gasteiger partial charge is 0.317 e. The van der Waals surface area contributed by atoms with Crippen LogP contribution < -0.4 is 5.32 Å². The summed E-state index contributed by atoms with van der Waals surface area (Å²) in [6.45, 7) is 3.81. The molecule has 0 atom stereocenters. The SMILES string of the molecule is CCNCCc1cnn(-c2ccc(F)cc2F)c1. The summed E-state index contributed by atoms with van der Waals surface area (Å²) in [5.41, 5.74) is 1.27. The summed E-state index contributed by atoms with van der Waals surface area (Å²) in [6, 6.07) is 3.46. The summed E-state index contributed by atoms with van der Waals surface area (Å²) in [4.78, 5) is 0. The first-order valence-electron chi connectivity index (χ1n) is 5.90. The second-order valence-electron chi connectivity index (χ2n) is 3.99. The average molecular weight is 251 g/mol. The Morgan fingerprint density at radius 3 is 2.89 bits per heavy atom. The zero-order valence-corrected chi connectivity index (χ0v) is 10.2. The van der Waals surface area contributed by atoms with Crippen LogP contribution in [0.2, 0.25) is 0 Å². The molecule has 5 heteroatoms. The number of benzene rings is 1. The van der Waals surface area contributed by atoms with Crippen molar-refractivity contribution >= 4 is 0 Å². The lowest BCUT2D eigenvalue weighted by molar-refractivity contribution is 0.573. The topological polar surface area (TPSA) is 29.9 Å². The quantitative estimate of drug-likeness (QED) is 0.826. The molecule has 1 aromatic carbocycles. The van der Waals surface area contributed by atoms with Crippen molar-refractivity contribution in [3.63, 3.8) is 0 Å². The number of halogens is 2. The van der Waals surface area contributed by atoms with Crippen LogP contribution in [0.3, 0.4) is 0 Å². The van der Waals surface area contributed by atoms with Gasteiger partial charge in [0.1, 0.15) is 11.5 Å². The van der Waals surface area contributed by atoms with Crippen molar-refractivity contribution in [2.75, 3.05) is 13.1 Å². The first-order chi connectivity index (χ1) is 8.70. The lowest BCUT2D eigenvalue weighted by Gasteiger charge is -2.02. The van der Waals surface area contributed by atoms with Crippen LogP contribution in [0.1, 0.15) is 12.5 Å². The van der Waals surface area contributed by atoms with Crippen molar-refractivity contribution in [1.82, 2.24) is 15.1 Å². The van der Waals surface area contributed by atoms with Crippen molar-refractivity contribution in [2.45, 2.75) is 13.3 Å². The highest BCUT2D eigenvalue weighted by Gasteiger charge is 2.07. The van der Waals surface area contributed by atoms with Crippen LogP contribution in [0.25, 0.3) is 5.69 Å². The fourth-order valence-corrected chi connectivity index (χ4v) is 1.70. The Morgan fingerprint density at radius 1 is 1.33 bits per heavy atom. The minimum atomic E-state index is -0.615. The van der Waals surface area contributed by atoms with Crippen molar-refractivity contribution in [3.05, 3.63) is 47.8 Å². The average Bonchev–Trinajstić information content (AvgIpc) is 2.78. The fraction of sp³-hybridized carbons (Fsp3) is 0.308. The third-order valence-electron chi connectivity index (χ3n) is 2.63. The van der Waals surface area contributed by atoms with Gasteiger partial charge in [0, 0.05) is 12.3 Å². The molecule has 0 fully saturated rings. The lowest BCUT2D eigenvalue weighted by atomic mass is 10.2. The van der Waals surface area contributed by atoms with Crippen LogP contribution in [-0.2, 0) is 6.42 Å². The standard InChI is InChI=1S/C13H15F2N3/c1-2-16-6-5-10-8-17-18(9-10)13-4-3-11(14)7-12(13)15/h3-4,7-9,16H,2,5-6H2,1H3. The molecule has 0 saturated carbocycles. The van der Waals surface area contributed by atoms with E-state index in [0.29, 0.717) is 0 Å². The van der Waals surface area contributed by atoms with Crippen molar-refractivity contribution < 1.29 is 8.78 Å². The van der Waals surface area contributed by atoms with Gasteiger partial charge in [0.15, 0.2) is 5.82 Å². The number of hydrogen-bond acceptors (Lipinski definition) is 2. The zero-order chi connectivity index (χ0) is 13.0. The van der Waals surface area contributed by atoms with E-state index in [1.165, 1.54) is 16.8 Å². The molecule has 1 N–H and O–H groups in total. The molecule has 0 aliphatic rings. The number of hydrogen-bond donors (Lipinski definition) is 1. The van der Waals surface area contributed by atoms with Crippen LogP contribution >= 0.6 is 0 Å². The molecule has 0 aliphatic carbocycles. The van der Waals surface area contributed by atoms with E-state index >= 15 is 0 Å². The molecule has 96 valence electrons. The lowest BCUT2D eigenvalue weighted by Crippen LogP contribution is -2.15. The Hall–Kier alpha value is -1.75. The maximum absolute atomic E-state index is 13.5. The molecule has 0 spiro atoms. The third kappa shape index (κ3) is 2.92. The summed E-state index contributed by atoms with van der Waals surface area (Å²) < 4.78 is 27.8. The first kappa shape index (κ1) is 12.7. The van der Waals surface area contributed by atoms with Crippen molar-refractivity contribution in [2.24, 2.45) is 0 Å². The van der Waals surface area contributed by atoms with E-state index in [9.17, 15) is 8.78 Å². The fourth-order valence-electron chi connectivity index (χ4n) is 1.70. The molecule has 2 rings (SSSR count). The Morgan fingerprint density at radius 2 is 2.17 bits per heavy atom. The van der Waals surface area contributed by atoms with Gasteiger partial charge in [-0.3, -0.25) is 0 Å². The molecule has 0 amide bonds. The van der Waals surface area contributed by atoms with Crippen LogP contribution in [0.15, 0.2) is 30.6 Å². The van der Waals surface area contributed by atoms with E-state index in [2.05, 4.69) is 10.4 Å². The predicted molar refractivity (Wildman–Crippen MR) is 65.7 cm³/mol. The van der Waals surface area contributed by atoms with Gasteiger partial charge >= 0.3 is 0 Å². The second-order valence-corrected chi connectivity index (χ2v) is 3.99. The summed E-state index contributed by atoms with van der Waals surface area (Å²) in [5.74, 6) is -1.20. The number of rotatable bonds is 5. The van der Waals surface area contributed by atoms with E-state index in [4.69, 9.17) is 0 Å². The van der Waals surface area contributed by atoms with E-state index in [1.54, 1.807) is 12.4 Å². The zero-order valence-electron chi connectivity index (χ0n) is 10.2. The maximum atomic E-state index is 13.5. The normalized spacial score (nSPS) is 10.8. The van der Waals surface area contributed by atoms with E-state index < -0.39 is 11.6 Å². The predicted octanol–water partition coefficient (Wildman–Crippen LogP) is 2.30. The van der Waals surface area contributed by atoms with Crippen molar-refractivity contribution in [3.8, 4) is 5.69 Å². The van der Waals surface area contributed by atoms with Crippen LogP contribution in [-0.4, -0.2) is 22.9 Å². The van der Waals surface area contributed by atoms with Gasteiger partial charge in [0.2, 0.25) is 0 Å². The maximum Gasteiger partial charge on any atom is 0.151 e. The van der Waals surface area contributed by atoms with E-state index in [1.807, 2.05) is 6.92 Å². The minimum Gasteiger partial charge on any atom is -0.317 e. The Bertz CT molecular complexity index is 523. The Labute approximate surface area is 104 Å². The second kappa shape index (κ2) is 5.73. The van der Waals surface area contributed by atoms with Crippen LogP contribution in [0.4, 0.5) is 8.78 Å². The molecule has 1 aromatic heterocycles. The van der Waals surface area contributed by atoms with Gasteiger partial charge in [-0.05, 0) is 37.2 Å². The Kier molecular flexibility index (Phi) is 4.04. The molecular weight excluding hydrogens is 236 g/mol. The molecule has 0 unspecified atom stereocenters. The molecule has 3 nitrogen and oxygen atoms in total. The highest BCUT2D eigenvalue weighted by molar-refractivity contribution is 5.33. The molecule has 1 heterocycles. The van der Waals surface area contributed by atoms with Crippen LogP contribution in [0.5, 0.6) is 0 Å².